The van der Waals surface area contributed by atoms with E-state index in [0.717, 1.165) is 0 Å². The molecule has 0 bridgehead atoms. The van der Waals surface area contributed by atoms with E-state index in [0.29, 0.717) is 15.2 Å². The van der Waals surface area contributed by atoms with Crippen LogP contribution >= 0.6 is 11.3 Å². The number of ether oxygens (including phenoxy) is 1. The highest BCUT2D eigenvalue weighted by Gasteiger charge is 2.33. The third-order valence-electron chi connectivity index (χ3n) is 3.94. The first-order chi connectivity index (χ1) is 12.8. The van der Waals surface area contributed by atoms with Crippen LogP contribution in [0.5, 0.6) is 0 Å². The first kappa shape index (κ1) is 22.1. The van der Waals surface area contributed by atoms with Gasteiger partial charge in [0.1, 0.15) is 22.5 Å². The van der Waals surface area contributed by atoms with Crippen molar-refractivity contribution in [2.45, 2.75) is 65.6 Å². The molecule has 6 nitrogen and oxygen atoms in total. The number of hydrogen-bond acceptors (Lipinski definition) is 5. The van der Waals surface area contributed by atoms with Gasteiger partial charge in [-0.2, -0.15) is 0 Å². The van der Waals surface area contributed by atoms with E-state index < -0.39 is 23.3 Å². The Kier molecular flexibility index (Phi) is 6.33. The molecular weight excluding hydrogens is 381 g/mol. The zero-order chi connectivity index (χ0) is 21.3. The van der Waals surface area contributed by atoms with Gasteiger partial charge in [0.15, 0.2) is 0 Å². The maximum Gasteiger partial charge on any atom is 0.408 e. The Balaban J connectivity index is 2.17. The lowest BCUT2D eigenvalue weighted by molar-refractivity contribution is -0.126. The number of fused-ring (bicyclic) bond motifs is 1. The largest absolute Gasteiger partial charge is 0.444 e. The predicted octanol–water partition coefficient (Wildman–Crippen LogP) is 4.34. The van der Waals surface area contributed by atoms with Gasteiger partial charge in [0.25, 0.3) is 0 Å². The Morgan fingerprint density at radius 3 is 2.39 bits per heavy atom. The molecule has 1 atom stereocenters. The molecule has 0 saturated carbocycles. The Morgan fingerprint density at radius 2 is 1.82 bits per heavy atom. The van der Waals surface area contributed by atoms with Crippen LogP contribution in [0.4, 0.5) is 9.18 Å². The quantitative estimate of drug-likeness (QED) is 0.770. The Morgan fingerprint density at radius 1 is 1.18 bits per heavy atom. The fourth-order valence-corrected chi connectivity index (χ4v) is 3.62. The molecule has 0 aliphatic rings. The van der Waals surface area contributed by atoms with Crippen LogP contribution in [0.2, 0.25) is 0 Å². The molecule has 1 aromatic carbocycles. The molecule has 0 aliphatic heterocycles. The molecule has 2 rings (SSSR count). The molecule has 2 aromatic rings. The minimum absolute atomic E-state index is 0.146. The monoisotopic (exact) mass is 409 g/mol. The average Bonchev–Trinajstić information content (AvgIpc) is 2.94. The number of halogens is 1. The van der Waals surface area contributed by atoms with Gasteiger partial charge < -0.3 is 15.4 Å². The second kappa shape index (κ2) is 8.03. The van der Waals surface area contributed by atoms with E-state index in [4.69, 9.17) is 4.74 Å². The molecule has 2 amide bonds. The van der Waals surface area contributed by atoms with Crippen molar-refractivity contribution in [3.8, 4) is 0 Å². The summed E-state index contributed by atoms with van der Waals surface area (Å²) in [6, 6.07) is 3.64. The molecule has 0 aliphatic carbocycles. The zero-order valence-electron chi connectivity index (χ0n) is 17.3. The lowest BCUT2D eigenvalue weighted by Crippen LogP contribution is -2.54. The standard InChI is InChI=1S/C20H28FN3O3S/c1-11(2)15(23-18(26)27-19(3,4)5)16(25)24-20(6,7)17-22-13-9-8-12(21)10-14(13)28-17/h8-11,15H,1-7H3,(H,23,26)(H,24,25)/t15-/m0/s1. The van der Waals surface area contributed by atoms with Crippen LogP contribution in [0.1, 0.15) is 53.5 Å². The van der Waals surface area contributed by atoms with Crippen molar-refractivity contribution in [3.05, 3.63) is 29.0 Å². The summed E-state index contributed by atoms with van der Waals surface area (Å²) < 4.78 is 19.4. The van der Waals surface area contributed by atoms with E-state index in [1.165, 1.54) is 23.5 Å². The molecule has 0 saturated heterocycles. The van der Waals surface area contributed by atoms with Crippen molar-refractivity contribution in [1.29, 1.82) is 0 Å². The van der Waals surface area contributed by atoms with E-state index in [2.05, 4.69) is 15.6 Å². The second-order valence-corrected chi connectivity index (χ2v) is 9.64. The highest BCUT2D eigenvalue weighted by Crippen LogP contribution is 2.30. The van der Waals surface area contributed by atoms with Crippen LogP contribution in [0, 0.1) is 11.7 Å². The summed E-state index contributed by atoms with van der Waals surface area (Å²) in [4.78, 5) is 29.5. The van der Waals surface area contributed by atoms with Gasteiger partial charge in [0.05, 0.1) is 15.8 Å². The topological polar surface area (TPSA) is 80.3 Å². The Labute approximate surface area is 168 Å². The van der Waals surface area contributed by atoms with Gasteiger partial charge in [-0.25, -0.2) is 14.2 Å². The van der Waals surface area contributed by atoms with Crippen LogP contribution in [-0.2, 0) is 15.1 Å². The summed E-state index contributed by atoms with van der Waals surface area (Å²) in [6.07, 6.45) is -0.644. The number of carbonyl (C=O) groups excluding carboxylic acids is 2. The van der Waals surface area contributed by atoms with Crippen molar-refractivity contribution in [3.63, 3.8) is 0 Å². The van der Waals surface area contributed by atoms with Gasteiger partial charge >= 0.3 is 6.09 Å². The smallest absolute Gasteiger partial charge is 0.408 e. The van der Waals surface area contributed by atoms with Gasteiger partial charge in [-0.15, -0.1) is 11.3 Å². The normalized spacial score (nSPS) is 13.5. The summed E-state index contributed by atoms with van der Waals surface area (Å²) in [5, 5.41) is 6.24. The van der Waals surface area contributed by atoms with E-state index in [1.807, 2.05) is 27.7 Å². The van der Waals surface area contributed by atoms with Gasteiger partial charge in [-0.3, -0.25) is 4.79 Å². The van der Waals surface area contributed by atoms with Crippen molar-refractivity contribution in [2.75, 3.05) is 0 Å². The maximum atomic E-state index is 13.4. The molecule has 2 N–H and O–H groups in total. The number of alkyl carbamates (subject to hydrolysis) is 1. The third kappa shape index (κ3) is 5.64. The molecule has 0 fully saturated rings. The number of thiazole rings is 1. The number of carbonyl (C=O) groups is 2. The van der Waals surface area contributed by atoms with Gasteiger partial charge in [0, 0.05) is 0 Å². The Hall–Kier alpha value is -2.22. The molecule has 8 heteroatoms. The summed E-state index contributed by atoms with van der Waals surface area (Å²) in [5.74, 6) is -0.810. The fraction of sp³-hybridized carbons (Fsp3) is 0.550. The predicted molar refractivity (Wildman–Crippen MR) is 109 cm³/mol. The molecule has 28 heavy (non-hydrogen) atoms. The van der Waals surface area contributed by atoms with Crippen LogP contribution in [0.25, 0.3) is 10.2 Å². The molecule has 0 spiro atoms. The first-order valence-corrected chi connectivity index (χ1v) is 9.98. The fourth-order valence-electron chi connectivity index (χ4n) is 2.57. The van der Waals surface area contributed by atoms with E-state index in [-0.39, 0.29) is 17.6 Å². The van der Waals surface area contributed by atoms with Crippen molar-refractivity contribution in [2.24, 2.45) is 5.92 Å². The minimum atomic E-state index is -0.792. The maximum absolute atomic E-state index is 13.4. The highest BCUT2D eigenvalue weighted by molar-refractivity contribution is 7.18. The van der Waals surface area contributed by atoms with E-state index >= 15 is 0 Å². The molecule has 154 valence electrons. The summed E-state index contributed by atoms with van der Waals surface area (Å²) in [7, 11) is 0. The molecule has 1 heterocycles. The lowest BCUT2D eigenvalue weighted by atomic mass is 10.0. The van der Waals surface area contributed by atoms with Crippen LogP contribution in [-0.4, -0.2) is 28.6 Å². The summed E-state index contributed by atoms with van der Waals surface area (Å²) in [5.41, 5.74) is -0.770. The number of nitrogens with one attached hydrogen (secondary N) is 2. The number of hydrogen-bond donors (Lipinski definition) is 2. The Bertz CT molecular complexity index is 871. The number of nitrogens with zero attached hydrogens (tertiary/aromatic N) is 1. The molecule has 0 radical (unpaired) electrons. The van der Waals surface area contributed by atoms with Crippen LogP contribution in [0.15, 0.2) is 18.2 Å². The van der Waals surface area contributed by atoms with Crippen molar-refractivity contribution < 1.29 is 18.7 Å². The van der Waals surface area contributed by atoms with Gasteiger partial charge in [0.2, 0.25) is 5.91 Å². The van der Waals surface area contributed by atoms with E-state index in [9.17, 15) is 14.0 Å². The number of benzene rings is 1. The molecule has 1 aromatic heterocycles. The van der Waals surface area contributed by atoms with Crippen LogP contribution in [0.3, 0.4) is 0 Å². The van der Waals surface area contributed by atoms with Crippen molar-refractivity contribution in [1.82, 2.24) is 15.6 Å². The zero-order valence-corrected chi connectivity index (χ0v) is 18.2. The second-order valence-electron chi connectivity index (χ2n) is 8.61. The third-order valence-corrected chi connectivity index (χ3v) is 5.28. The van der Waals surface area contributed by atoms with Crippen molar-refractivity contribution >= 4 is 33.6 Å². The number of rotatable bonds is 5. The van der Waals surface area contributed by atoms with E-state index in [1.54, 1.807) is 26.8 Å². The SMILES string of the molecule is CC(C)[C@H](NC(=O)OC(C)(C)C)C(=O)NC(C)(C)c1nc2ccc(F)cc2s1. The number of amides is 2. The van der Waals surface area contributed by atoms with Gasteiger partial charge in [-0.05, 0) is 58.7 Å². The first-order valence-electron chi connectivity index (χ1n) is 9.16. The summed E-state index contributed by atoms with van der Waals surface area (Å²) in [6.45, 7) is 12.6. The van der Waals surface area contributed by atoms with Crippen LogP contribution < -0.4 is 10.6 Å². The molecule has 0 unspecified atom stereocenters. The average molecular weight is 410 g/mol. The lowest BCUT2D eigenvalue weighted by Gasteiger charge is -2.29. The molecular formula is C20H28FN3O3S. The number of aromatic nitrogens is 1. The summed E-state index contributed by atoms with van der Waals surface area (Å²) >= 11 is 1.32. The van der Waals surface area contributed by atoms with Gasteiger partial charge in [-0.1, -0.05) is 13.8 Å². The highest BCUT2D eigenvalue weighted by atomic mass is 32.1. The minimum Gasteiger partial charge on any atom is -0.444 e.